The van der Waals surface area contributed by atoms with E-state index in [2.05, 4.69) is 30.8 Å². The van der Waals surface area contributed by atoms with Gasteiger partial charge in [0.25, 0.3) is 0 Å². The molecule has 1 aliphatic heterocycles. The number of nitrogens with two attached hydrogens (primary N) is 1. The van der Waals surface area contributed by atoms with E-state index in [0.29, 0.717) is 0 Å². The number of hydrogen-bond donors (Lipinski definition) is 2. The van der Waals surface area contributed by atoms with Crippen molar-refractivity contribution in [1.29, 1.82) is 5.41 Å². The first-order valence-corrected chi connectivity index (χ1v) is 6.52. The van der Waals surface area contributed by atoms with Crippen LogP contribution < -0.4 is 10.6 Å². The average Bonchev–Trinajstić information content (AvgIpc) is 2.50. The summed E-state index contributed by atoms with van der Waals surface area (Å²) >= 11 is 0. The van der Waals surface area contributed by atoms with E-state index in [0.717, 1.165) is 30.2 Å². The highest BCUT2D eigenvalue weighted by Crippen LogP contribution is 2.29. The van der Waals surface area contributed by atoms with Crippen LogP contribution in [0.25, 0.3) is 0 Å². The van der Waals surface area contributed by atoms with Crippen molar-refractivity contribution in [2.45, 2.75) is 39.4 Å². The third-order valence-electron chi connectivity index (χ3n) is 3.33. The lowest BCUT2D eigenvalue weighted by Gasteiger charge is -2.42. The first-order valence-electron chi connectivity index (χ1n) is 6.52. The molecule has 0 spiro atoms. The Morgan fingerprint density at radius 2 is 2.16 bits per heavy atom. The Labute approximate surface area is 114 Å². The molecule has 1 aromatic rings. The van der Waals surface area contributed by atoms with Gasteiger partial charge in [-0.3, -0.25) is 10.1 Å². The Bertz CT molecular complexity index is 505. The standard InChI is InChI=1S/C13H23N5O/c1-8-6-18(7-13(3,4)19-8)12-10(11(14)15)9(2)16-17(12)5/h8H,6-7H2,1-5H3,(H3,14,15). The van der Waals surface area contributed by atoms with Crippen molar-refractivity contribution in [3.63, 3.8) is 0 Å². The normalized spacial score (nSPS) is 22.6. The Hall–Kier alpha value is -1.56. The lowest BCUT2D eigenvalue weighted by Crippen LogP contribution is -2.52. The maximum Gasteiger partial charge on any atom is 0.138 e. The molecule has 3 N–H and O–H groups in total. The number of nitrogen functional groups attached to an aromatic ring is 1. The van der Waals surface area contributed by atoms with E-state index in [9.17, 15) is 0 Å². The molecule has 0 saturated carbocycles. The Morgan fingerprint density at radius 3 is 2.68 bits per heavy atom. The summed E-state index contributed by atoms with van der Waals surface area (Å²) in [5.41, 5.74) is 7.01. The predicted molar refractivity (Wildman–Crippen MR) is 75.8 cm³/mol. The second-order valence-corrected chi connectivity index (χ2v) is 5.89. The molecule has 19 heavy (non-hydrogen) atoms. The second-order valence-electron chi connectivity index (χ2n) is 5.89. The Balaban J connectivity index is 2.44. The molecule has 1 saturated heterocycles. The van der Waals surface area contributed by atoms with Crippen LogP contribution in [0, 0.1) is 12.3 Å². The minimum Gasteiger partial charge on any atom is -0.384 e. The molecule has 1 unspecified atom stereocenters. The maximum absolute atomic E-state index is 7.76. The van der Waals surface area contributed by atoms with Crippen LogP contribution in [0.2, 0.25) is 0 Å². The van der Waals surface area contributed by atoms with Gasteiger partial charge in [0.2, 0.25) is 0 Å². The summed E-state index contributed by atoms with van der Waals surface area (Å²) in [6, 6.07) is 0. The first-order chi connectivity index (χ1) is 8.71. The summed E-state index contributed by atoms with van der Waals surface area (Å²) < 4.78 is 7.72. The number of hydrogen-bond acceptors (Lipinski definition) is 4. The van der Waals surface area contributed by atoms with Gasteiger partial charge in [0.15, 0.2) is 0 Å². The fraction of sp³-hybridized carbons (Fsp3) is 0.692. The number of amidine groups is 1. The highest BCUT2D eigenvalue weighted by atomic mass is 16.5. The van der Waals surface area contributed by atoms with Gasteiger partial charge in [0.05, 0.1) is 23.0 Å². The Morgan fingerprint density at radius 1 is 1.53 bits per heavy atom. The fourth-order valence-corrected chi connectivity index (χ4v) is 2.94. The number of ether oxygens (including phenoxy) is 1. The predicted octanol–water partition coefficient (Wildman–Crippen LogP) is 1.02. The van der Waals surface area contributed by atoms with E-state index in [-0.39, 0.29) is 17.5 Å². The van der Waals surface area contributed by atoms with Crippen LogP contribution in [-0.4, -0.2) is 40.4 Å². The van der Waals surface area contributed by atoms with E-state index in [1.54, 1.807) is 4.68 Å². The van der Waals surface area contributed by atoms with Crippen LogP contribution in [0.5, 0.6) is 0 Å². The zero-order valence-corrected chi connectivity index (χ0v) is 12.3. The lowest BCUT2D eigenvalue weighted by atomic mass is 10.0. The number of aromatic nitrogens is 2. The van der Waals surface area contributed by atoms with Gasteiger partial charge in [-0.15, -0.1) is 0 Å². The van der Waals surface area contributed by atoms with Gasteiger partial charge in [-0.05, 0) is 27.7 Å². The zero-order valence-electron chi connectivity index (χ0n) is 12.3. The zero-order chi connectivity index (χ0) is 14.4. The monoisotopic (exact) mass is 265 g/mol. The van der Waals surface area contributed by atoms with Crippen molar-refractivity contribution >= 4 is 11.7 Å². The SMILES string of the molecule is Cc1nn(C)c(N2CC(C)OC(C)(C)C2)c1C(=N)N. The lowest BCUT2D eigenvalue weighted by molar-refractivity contribution is -0.0753. The van der Waals surface area contributed by atoms with E-state index in [1.807, 2.05) is 14.0 Å². The Kier molecular flexibility index (Phi) is 3.30. The molecule has 1 fully saturated rings. The van der Waals surface area contributed by atoms with Gasteiger partial charge in [0.1, 0.15) is 11.7 Å². The molecule has 106 valence electrons. The molecule has 0 aromatic carbocycles. The van der Waals surface area contributed by atoms with E-state index >= 15 is 0 Å². The summed E-state index contributed by atoms with van der Waals surface area (Å²) in [5, 5.41) is 12.2. The number of nitrogens with one attached hydrogen (secondary N) is 1. The van der Waals surface area contributed by atoms with Crippen LogP contribution in [0.15, 0.2) is 0 Å². The molecule has 2 rings (SSSR count). The molecule has 0 amide bonds. The van der Waals surface area contributed by atoms with E-state index < -0.39 is 0 Å². The quantitative estimate of drug-likeness (QED) is 0.618. The summed E-state index contributed by atoms with van der Waals surface area (Å²) in [5.74, 6) is 0.978. The largest absolute Gasteiger partial charge is 0.384 e. The average molecular weight is 265 g/mol. The highest BCUT2D eigenvalue weighted by molar-refractivity contribution is 6.01. The minimum atomic E-state index is -0.218. The van der Waals surface area contributed by atoms with Crippen LogP contribution in [-0.2, 0) is 11.8 Å². The molecule has 0 aliphatic carbocycles. The molecule has 1 aromatic heterocycles. The van der Waals surface area contributed by atoms with E-state index in [4.69, 9.17) is 15.9 Å². The van der Waals surface area contributed by atoms with Gasteiger partial charge < -0.3 is 15.4 Å². The molecule has 0 radical (unpaired) electrons. The summed E-state index contributed by atoms with van der Waals surface area (Å²) in [6.45, 7) is 9.64. The molecular formula is C13H23N5O. The van der Waals surface area contributed by atoms with Gasteiger partial charge in [-0.2, -0.15) is 5.10 Å². The summed E-state index contributed by atoms with van der Waals surface area (Å²) in [6.07, 6.45) is 0.138. The fourth-order valence-electron chi connectivity index (χ4n) is 2.94. The van der Waals surface area contributed by atoms with Crippen LogP contribution in [0.1, 0.15) is 32.0 Å². The number of morpholine rings is 1. The first kappa shape index (κ1) is 13.9. The molecule has 1 aliphatic rings. The molecular weight excluding hydrogens is 242 g/mol. The van der Waals surface area contributed by atoms with Crippen molar-refractivity contribution < 1.29 is 4.74 Å². The van der Waals surface area contributed by atoms with Crippen molar-refractivity contribution in [2.75, 3.05) is 18.0 Å². The van der Waals surface area contributed by atoms with Crippen molar-refractivity contribution in [3.05, 3.63) is 11.3 Å². The van der Waals surface area contributed by atoms with Gasteiger partial charge in [-0.25, -0.2) is 0 Å². The van der Waals surface area contributed by atoms with Crippen molar-refractivity contribution in [1.82, 2.24) is 9.78 Å². The van der Waals surface area contributed by atoms with Gasteiger partial charge in [0, 0.05) is 20.1 Å². The summed E-state index contributed by atoms with van der Waals surface area (Å²) in [7, 11) is 1.89. The summed E-state index contributed by atoms with van der Waals surface area (Å²) in [4.78, 5) is 2.21. The number of nitrogens with zero attached hydrogens (tertiary/aromatic N) is 3. The number of aryl methyl sites for hydroxylation is 2. The molecule has 6 nitrogen and oxygen atoms in total. The second kappa shape index (κ2) is 4.52. The smallest absolute Gasteiger partial charge is 0.138 e. The van der Waals surface area contributed by atoms with Crippen molar-refractivity contribution in [3.8, 4) is 0 Å². The number of anilines is 1. The molecule has 6 heteroatoms. The third-order valence-corrected chi connectivity index (χ3v) is 3.33. The molecule has 2 heterocycles. The van der Waals surface area contributed by atoms with Gasteiger partial charge >= 0.3 is 0 Å². The molecule has 1 atom stereocenters. The van der Waals surface area contributed by atoms with Crippen molar-refractivity contribution in [2.24, 2.45) is 12.8 Å². The minimum absolute atomic E-state index is 0.0672. The van der Waals surface area contributed by atoms with Gasteiger partial charge in [-0.1, -0.05) is 0 Å². The number of rotatable bonds is 2. The van der Waals surface area contributed by atoms with Crippen LogP contribution in [0.4, 0.5) is 5.82 Å². The van der Waals surface area contributed by atoms with Crippen LogP contribution in [0.3, 0.4) is 0 Å². The molecule has 0 bridgehead atoms. The maximum atomic E-state index is 7.76. The third kappa shape index (κ3) is 2.58. The topological polar surface area (TPSA) is 80.2 Å². The van der Waals surface area contributed by atoms with E-state index in [1.165, 1.54) is 0 Å². The highest BCUT2D eigenvalue weighted by Gasteiger charge is 2.34. The van der Waals surface area contributed by atoms with Crippen LogP contribution >= 0.6 is 0 Å².